The highest BCUT2D eigenvalue weighted by Gasteiger charge is 2.16. The second-order valence-corrected chi connectivity index (χ2v) is 4.14. The Bertz CT molecular complexity index is 537. The number of rotatable bonds is 4. The lowest BCUT2D eigenvalue weighted by molar-refractivity contribution is 0.0518. The molecule has 94 valence electrons. The molecule has 1 heterocycles. The first-order chi connectivity index (χ1) is 8.70. The summed E-state index contributed by atoms with van der Waals surface area (Å²) in [5.74, 6) is -0.491. The SMILES string of the molecule is CCOC(=O)c1nn(Cc2ccccc2)cc1Cl. The molecule has 0 fully saturated rings. The van der Waals surface area contributed by atoms with E-state index in [9.17, 15) is 4.79 Å². The molecule has 1 aromatic carbocycles. The molecule has 5 heteroatoms. The predicted octanol–water partition coefficient (Wildman–Crippen LogP) is 2.76. The van der Waals surface area contributed by atoms with Crippen LogP contribution in [0.15, 0.2) is 36.5 Å². The van der Waals surface area contributed by atoms with Crippen molar-refractivity contribution in [3.63, 3.8) is 0 Å². The highest BCUT2D eigenvalue weighted by molar-refractivity contribution is 6.33. The maximum atomic E-state index is 11.5. The second kappa shape index (κ2) is 5.69. The molecule has 0 unspecified atom stereocenters. The van der Waals surface area contributed by atoms with E-state index in [-0.39, 0.29) is 5.69 Å². The van der Waals surface area contributed by atoms with Crippen LogP contribution in [-0.2, 0) is 11.3 Å². The molecule has 0 saturated carbocycles. The van der Waals surface area contributed by atoms with E-state index in [1.165, 1.54) is 0 Å². The van der Waals surface area contributed by atoms with Crippen LogP contribution in [0, 0.1) is 0 Å². The van der Waals surface area contributed by atoms with Crippen LogP contribution in [0.5, 0.6) is 0 Å². The first-order valence-electron chi connectivity index (χ1n) is 5.64. The van der Waals surface area contributed by atoms with Crippen LogP contribution in [0.4, 0.5) is 0 Å². The summed E-state index contributed by atoms with van der Waals surface area (Å²) in [6.45, 7) is 2.62. The highest BCUT2D eigenvalue weighted by Crippen LogP contribution is 2.16. The number of benzene rings is 1. The van der Waals surface area contributed by atoms with Gasteiger partial charge >= 0.3 is 5.97 Å². The summed E-state index contributed by atoms with van der Waals surface area (Å²) in [7, 11) is 0. The fourth-order valence-electron chi connectivity index (χ4n) is 1.59. The summed E-state index contributed by atoms with van der Waals surface area (Å²) in [5.41, 5.74) is 1.25. The summed E-state index contributed by atoms with van der Waals surface area (Å²) in [6, 6.07) is 9.82. The normalized spacial score (nSPS) is 10.3. The minimum atomic E-state index is -0.491. The summed E-state index contributed by atoms with van der Waals surface area (Å²) >= 11 is 5.96. The maximum absolute atomic E-state index is 11.5. The van der Waals surface area contributed by atoms with Crippen molar-refractivity contribution in [3.05, 3.63) is 52.8 Å². The number of aromatic nitrogens is 2. The molecule has 0 atom stereocenters. The number of nitrogens with zero attached hydrogens (tertiary/aromatic N) is 2. The Hall–Kier alpha value is -1.81. The van der Waals surface area contributed by atoms with Crippen LogP contribution in [0.3, 0.4) is 0 Å². The van der Waals surface area contributed by atoms with Gasteiger partial charge in [0.1, 0.15) is 0 Å². The van der Waals surface area contributed by atoms with Crippen molar-refractivity contribution in [1.29, 1.82) is 0 Å². The van der Waals surface area contributed by atoms with Gasteiger partial charge < -0.3 is 4.74 Å². The summed E-state index contributed by atoms with van der Waals surface area (Å²) in [4.78, 5) is 11.5. The maximum Gasteiger partial charge on any atom is 0.360 e. The van der Waals surface area contributed by atoms with Gasteiger partial charge in [0.05, 0.1) is 18.2 Å². The molecule has 18 heavy (non-hydrogen) atoms. The first-order valence-corrected chi connectivity index (χ1v) is 6.02. The van der Waals surface area contributed by atoms with E-state index >= 15 is 0 Å². The Kier molecular flexibility index (Phi) is 3.99. The molecular weight excluding hydrogens is 252 g/mol. The molecule has 0 radical (unpaired) electrons. The average molecular weight is 265 g/mol. The van der Waals surface area contributed by atoms with Crippen LogP contribution >= 0.6 is 11.6 Å². The number of carbonyl (C=O) groups is 1. The molecule has 2 aromatic rings. The zero-order chi connectivity index (χ0) is 13.0. The highest BCUT2D eigenvalue weighted by atomic mass is 35.5. The largest absolute Gasteiger partial charge is 0.461 e. The lowest BCUT2D eigenvalue weighted by Gasteiger charge is -2.01. The third-order valence-electron chi connectivity index (χ3n) is 2.37. The number of carbonyl (C=O) groups excluding carboxylic acids is 1. The number of hydrogen-bond donors (Lipinski definition) is 0. The van der Waals surface area contributed by atoms with Crippen molar-refractivity contribution < 1.29 is 9.53 Å². The minimum Gasteiger partial charge on any atom is -0.461 e. The lowest BCUT2D eigenvalue weighted by Crippen LogP contribution is -2.08. The van der Waals surface area contributed by atoms with Crippen LogP contribution in [0.2, 0.25) is 5.02 Å². The van der Waals surface area contributed by atoms with Crippen molar-refractivity contribution in [3.8, 4) is 0 Å². The number of esters is 1. The summed E-state index contributed by atoms with van der Waals surface area (Å²) in [5, 5.41) is 4.44. The van der Waals surface area contributed by atoms with Gasteiger partial charge in [-0.15, -0.1) is 0 Å². The zero-order valence-electron chi connectivity index (χ0n) is 9.97. The monoisotopic (exact) mass is 264 g/mol. The molecule has 0 bridgehead atoms. The molecule has 0 aliphatic heterocycles. The van der Waals surface area contributed by atoms with Gasteiger partial charge in [-0.05, 0) is 12.5 Å². The van der Waals surface area contributed by atoms with Gasteiger partial charge in [0.2, 0.25) is 0 Å². The van der Waals surface area contributed by atoms with Gasteiger partial charge in [-0.1, -0.05) is 41.9 Å². The van der Waals surface area contributed by atoms with Crippen LogP contribution in [-0.4, -0.2) is 22.4 Å². The van der Waals surface area contributed by atoms with E-state index in [0.29, 0.717) is 18.2 Å². The molecule has 4 nitrogen and oxygen atoms in total. The van der Waals surface area contributed by atoms with Gasteiger partial charge in [0.25, 0.3) is 0 Å². The lowest BCUT2D eigenvalue weighted by atomic mass is 10.2. The minimum absolute atomic E-state index is 0.162. The van der Waals surface area contributed by atoms with Crippen molar-refractivity contribution in [1.82, 2.24) is 9.78 Å². The summed E-state index contributed by atoms with van der Waals surface area (Å²) < 4.78 is 6.50. The molecule has 0 aliphatic carbocycles. The number of ether oxygens (including phenoxy) is 1. The number of hydrogen-bond acceptors (Lipinski definition) is 3. The summed E-state index contributed by atoms with van der Waals surface area (Å²) in [6.07, 6.45) is 1.63. The van der Waals surface area contributed by atoms with Crippen molar-refractivity contribution in [2.24, 2.45) is 0 Å². The quantitative estimate of drug-likeness (QED) is 0.798. The molecule has 1 aromatic heterocycles. The van der Waals surface area contributed by atoms with E-state index in [1.54, 1.807) is 17.8 Å². The first kappa shape index (κ1) is 12.6. The van der Waals surface area contributed by atoms with Crippen molar-refractivity contribution >= 4 is 17.6 Å². The van der Waals surface area contributed by atoms with E-state index in [4.69, 9.17) is 16.3 Å². The zero-order valence-corrected chi connectivity index (χ0v) is 10.7. The Labute approximate surface area is 110 Å². The molecular formula is C13H13ClN2O2. The number of halogens is 1. The fraction of sp³-hybridized carbons (Fsp3) is 0.231. The predicted molar refractivity (Wildman–Crippen MR) is 68.7 cm³/mol. The molecule has 0 spiro atoms. The third kappa shape index (κ3) is 2.90. The topological polar surface area (TPSA) is 44.1 Å². The van der Waals surface area contributed by atoms with E-state index < -0.39 is 5.97 Å². The van der Waals surface area contributed by atoms with Crippen molar-refractivity contribution in [2.75, 3.05) is 6.61 Å². The fourth-order valence-corrected chi connectivity index (χ4v) is 1.81. The van der Waals surface area contributed by atoms with E-state index in [2.05, 4.69) is 5.10 Å². The van der Waals surface area contributed by atoms with Crippen LogP contribution in [0.25, 0.3) is 0 Å². The smallest absolute Gasteiger partial charge is 0.360 e. The molecule has 0 amide bonds. The van der Waals surface area contributed by atoms with Gasteiger partial charge in [0, 0.05) is 6.20 Å². The van der Waals surface area contributed by atoms with Crippen LogP contribution < -0.4 is 0 Å². The third-order valence-corrected chi connectivity index (χ3v) is 2.65. The standard InChI is InChI=1S/C13H13ClN2O2/c1-2-18-13(17)12-11(14)9-16(15-12)8-10-6-4-3-5-7-10/h3-7,9H,2,8H2,1H3. The Morgan fingerprint density at radius 2 is 2.11 bits per heavy atom. The van der Waals surface area contributed by atoms with Crippen LogP contribution in [0.1, 0.15) is 23.0 Å². The Morgan fingerprint density at radius 3 is 2.78 bits per heavy atom. The average Bonchev–Trinajstić information content (AvgIpc) is 2.72. The van der Waals surface area contributed by atoms with Gasteiger partial charge in [-0.2, -0.15) is 5.10 Å². The van der Waals surface area contributed by atoms with E-state index in [1.807, 2.05) is 30.3 Å². The molecule has 2 rings (SSSR count). The van der Waals surface area contributed by atoms with Gasteiger partial charge in [-0.25, -0.2) is 4.79 Å². The Balaban J connectivity index is 2.16. The van der Waals surface area contributed by atoms with E-state index in [0.717, 1.165) is 5.56 Å². The molecule has 0 saturated heterocycles. The molecule has 0 N–H and O–H groups in total. The molecule has 0 aliphatic rings. The van der Waals surface area contributed by atoms with Gasteiger partial charge in [-0.3, -0.25) is 4.68 Å². The second-order valence-electron chi connectivity index (χ2n) is 3.73. The Morgan fingerprint density at radius 1 is 1.39 bits per heavy atom. The van der Waals surface area contributed by atoms with Crippen molar-refractivity contribution in [2.45, 2.75) is 13.5 Å². The van der Waals surface area contributed by atoms with Gasteiger partial charge in [0.15, 0.2) is 5.69 Å².